The lowest BCUT2D eigenvalue weighted by Crippen LogP contribution is -2.19. The van der Waals surface area contributed by atoms with Crippen LogP contribution in [0.5, 0.6) is 5.75 Å². The van der Waals surface area contributed by atoms with E-state index in [2.05, 4.69) is 0 Å². The third-order valence-electron chi connectivity index (χ3n) is 2.28. The Labute approximate surface area is 83.9 Å². The first kappa shape index (κ1) is 11.0. The molecule has 0 aliphatic carbocycles. The Morgan fingerprint density at radius 1 is 1.36 bits per heavy atom. The second-order valence-corrected chi connectivity index (χ2v) is 3.63. The molecule has 0 amide bonds. The van der Waals surface area contributed by atoms with Crippen LogP contribution in [-0.4, -0.2) is 7.11 Å². The van der Waals surface area contributed by atoms with Crippen LogP contribution in [-0.2, 0) is 0 Å². The summed E-state index contributed by atoms with van der Waals surface area (Å²) >= 11 is 0. The van der Waals surface area contributed by atoms with Gasteiger partial charge in [-0.3, -0.25) is 0 Å². The van der Waals surface area contributed by atoms with Gasteiger partial charge < -0.3 is 10.5 Å². The molecule has 0 saturated heterocycles. The molecule has 1 aromatic carbocycles. The minimum Gasteiger partial charge on any atom is -0.496 e. The summed E-state index contributed by atoms with van der Waals surface area (Å²) < 4.78 is 18.6. The van der Waals surface area contributed by atoms with Gasteiger partial charge in [0.2, 0.25) is 0 Å². The minimum absolute atomic E-state index is 0.181. The van der Waals surface area contributed by atoms with E-state index in [1.165, 1.54) is 13.2 Å². The van der Waals surface area contributed by atoms with Gasteiger partial charge in [0.15, 0.2) is 0 Å². The maximum Gasteiger partial charge on any atom is 0.131 e. The molecule has 0 aromatic heterocycles. The lowest BCUT2D eigenvalue weighted by Gasteiger charge is -2.19. The molecule has 78 valence electrons. The van der Waals surface area contributed by atoms with Gasteiger partial charge in [-0.25, -0.2) is 4.39 Å². The third kappa shape index (κ3) is 2.04. The topological polar surface area (TPSA) is 35.2 Å². The molecule has 0 fully saturated rings. The highest BCUT2D eigenvalue weighted by atomic mass is 19.1. The van der Waals surface area contributed by atoms with E-state index in [0.717, 1.165) is 0 Å². The van der Waals surface area contributed by atoms with Crippen molar-refractivity contribution in [1.82, 2.24) is 0 Å². The molecule has 0 unspecified atom stereocenters. The van der Waals surface area contributed by atoms with Gasteiger partial charge in [-0.1, -0.05) is 19.9 Å². The minimum atomic E-state index is -0.328. The zero-order chi connectivity index (χ0) is 10.7. The largest absolute Gasteiger partial charge is 0.496 e. The number of methoxy groups -OCH3 is 1. The van der Waals surface area contributed by atoms with Crippen molar-refractivity contribution in [2.24, 2.45) is 11.7 Å². The Hall–Kier alpha value is -1.09. The molecule has 0 heterocycles. The number of halogens is 1. The summed E-state index contributed by atoms with van der Waals surface area (Å²) in [5.74, 6) is 0.401. The van der Waals surface area contributed by atoms with E-state index < -0.39 is 0 Å². The van der Waals surface area contributed by atoms with Crippen molar-refractivity contribution in [3.63, 3.8) is 0 Å². The van der Waals surface area contributed by atoms with Crippen molar-refractivity contribution < 1.29 is 9.13 Å². The van der Waals surface area contributed by atoms with Crippen molar-refractivity contribution >= 4 is 0 Å². The molecule has 0 bridgehead atoms. The van der Waals surface area contributed by atoms with Crippen molar-refractivity contribution in [3.8, 4) is 5.75 Å². The van der Waals surface area contributed by atoms with Crippen LogP contribution >= 0.6 is 0 Å². The van der Waals surface area contributed by atoms with E-state index >= 15 is 0 Å². The Kier molecular flexibility index (Phi) is 3.47. The molecule has 1 rings (SSSR count). The molecule has 0 aliphatic rings. The normalized spacial score (nSPS) is 13.0. The summed E-state index contributed by atoms with van der Waals surface area (Å²) in [5.41, 5.74) is 6.36. The van der Waals surface area contributed by atoms with Crippen LogP contribution in [0.4, 0.5) is 4.39 Å². The van der Waals surface area contributed by atoms with Crippen molar-refractivity contribution in [3.05, 3.63) is 29.6 Å². The molecule has 0 spiro atoms. The quantitative estimate of drug-likeness (QED) is 0.808. The molecule has 14 heavy (non-hydrogen) atoms. The van der Waals surface area contributed by atoms with E-state index in [0.29, 0.717) is 11.3 Å². The number of ether oxygens (including phenoxy) is 1. The average Bonchev–Trinajstić information content (AvgIpc) is 2.16. The predicted molar refractivity (Wildman–Crippen MR) is 54.7 cm³/mol. The SMILES string of the molecule is COc1cccc(F)c1[C@H](N)C(C)C. The molecule has 1 aromatic rings. The summed E-state index contributed by atoms with van der Waals surface area (Å²) in [5, 5.41) is 0. The first-order chi connectivity index (χ1) is 6.57. The second kappa shape index (κ2) is 4.42. The van der Waals surface area contributed by atoms with Crippen molar-refractivity contribution in [2.45, 2.75) is 19.9 Å². The van der Waals surface area contributed by atoms with Crippen molar-refractivity contribution in [2.75, 3.05) is 7.11 Å². The summed E-state index contributed by atoms with van der Waals surface area (Å²) in [6, 6.07) is 4.41. The highest BCUT2D eigenvalue weighted by molar-refractivity contribution is 5.37. The molecule has 1 atom stereocenters. The predicted octanol–water partition coefficient (Wildman–Crippen LogP) is 2.49. The average molecular weight is 197 g/mol. The summed E-state index contributed by atoms with van der Waals surface area (Å²) in [6.45, 7) is 3.91. The van der Waals surface area contributed by atoms with Crippen LogP contribution < -0.4 is 10.5 Å². The molecule has 2 nitrogen and oxygen atoms in total. The zero-order valence-corrected chi connectivity index (χ0v) is 8.75. The molecule has 2 N–H and O–H groups in total. The van der Waals surface area contributed by atoms with E-state index in [-0.39, 0.29) is 17.8 Å². The van der Waals surface area contributed by atoms with Gasteiger partial charge >= 0.3 is 0 Å². The Morgan fingerprint density at radius 3 is 2.50 bits per heavy atom. The molecule has 0 saturated carbocycles. The fourth-order valence-electron chi connectivity index (χ4n) is 1.35. The molecule has 0 aliphatic heterocycles. The van der Waals surface area contributed by atoms with Crippen LogP contribution in [0.1, 0.15) is 25.5 Å². The Bertz CT molecular complexity index is 312. The molecule has 0 radical (unpaired) electrons. The van der Waals surface area contributed by atoms with Gasteiger partial charge in [0.25, 0.3) is 0 Å². The van der Waals surface area contributed by atoms with Gasteiger partial charge in [0, 0.05) is 11.6 Å². The number of hydrogen-bond donors (Lipinski definition) is 1. The summed E-state index contributed by atoms with van der Waals surface area (Å²) in [6.07, 6.45) is 0. The van der Waals surface area contributed by atoms with E-state index in [4.69, 9.17) is 10.5 Å². The maximum absolute atomic E-state index is 13.5. The van der Waals surface area contributed by atoms with Crippen LogP contribution in [0.2, 0.25) is 0 Å². The fraction of sp³-hybridized carbons (Fsp3) is 0.455. The van der Waals surface area contributed by atoms with E-state index in [1.54, 1.807) is 12.1 Å². The van der Waals surface area contributed by atoms with E-state index in [9.17, 15) is 4.39 Å². The van der Waals surface area contributed by atoms with Gasteiger partial charge in [-0.15, -0.1) is 0 Å². The highest BCUT2D eigenvalue weighted by Gasteiger charge is 2.19. The number of rotatable bonds is 3. The lowest BCUT2D eigenvalue weighted by molar-refractivity contribution is 0.387. The summed E-state index contributed by atoms with van der Waals surface area (Å²) in [4.78, 5) is 0. The van der Waals surface area contributed by atoms with Gasteiger partial charge in [0.05, 0.1) is 7.11 Å². The second-order valence-electron chi connectivity index (χ2n) is 3.63. The lowest BCUT2D eigenvalue weighted by atomic mass is 9.96. The van der Waals surface area contributed by atoms with Gasteiger partial charge in [0.1, 0.15) is 11.6 Å². The molecular formula is C11H16FNO. The Morgan fingerprint density at radius 2 is 2.00 bits per heavy atom. The maximum atomic E-state index is 13.5. The van der Waals surface area contributed by atoms with Gasteiger partial charge in [-0.2, -0.15) is 0 Å². The molecule has 3 heteroatoms. The Balaban J connectivity index is 3.16. The zero-order valence-electron chi connectivity index (χ0n) is 8.75. The smallest absolute Gasteiger partial charge is 0.131 e. The highest BCUT2D eigenvalue weighted by Crippen LogP contribution is 2.30. The van der Waals surface area contributed by atoms with Gasteiger partial charge in [-0.05, 0) is 18.1 Å². The first-order valence-electron chi connectivity index (χ1n) is 4.66. The first-order valence-corrected chi connectivity index (χ1v) is 4.66. The summed E-state index contributed by atoms with van der Waals surface area (Å²) in [7, 11) is 1.52. The van der Waals surface area contributed by atoms with Crippen LogP contribution in [0.3, 0.4) is 0 Å². The van der Waals surface area contributed by atoms with E-state index in [1.807, 2.05) is 13.8 Å². The monoisotopic (exact) mass is 197 g/mol. The van der Waals surface area contributed by atoms with Crippen LogP contribution in [0, 0.1) is 11.7 Å². The molecular weight excluding hydrogens is 181 g/mol. The number of nitrogens with two attached hydrogens (primary N) is 1. The van der Waals surface area contributed by atoms with Crippen LogP contribution in [0.25, 0.3) is 0 Å². The fourth-order valence-corrected chi connectivity index (χ4v) is 1.35. The van der Waals surface area contributed by atoms with Crippen molar-refractivity contribution in [1.29, 1.82) is 0 Å². The number of benzene rings is 1. The standard InChI is InChI=1S/C11H16FNO/c1-7(2)11(13)10-8(12)5-4-6-9(10)14-3/h4-7,11H,13H2,1-3H3/t11-/m1/s1. The number of hydrogen-bond acceptors (Lipinski definition) is 2. The van der Waals surface area contributed by atoms with Crippen LogP contribution in [0.15, 0.2) is 18.2 Å². The third-order valence-corrected chi connectivity index (χ3v) is 2.28.